The van der Waals surface area contributed by atoms with Gasteiger partial charge in [-0.15, -0.1) is 0 Å². The van der Waals surface area contributed by atoms with Gasteiger partial charge in [-0.1, -0.05) is 0 Å². The van der Waals surface area contributed by atoms with Crippen LogP contribution in [-0.2, 0) is 14.2 Å². The van der Waals surface area contributed by atoms with Gasteiger partial charge in [-0.05, 0) is 31.2 Å². The lowest BCUT2D eigenvalue weighted by atomic mass is 9.99. The number of esters is 1. The number of hydrogen-bond donors (Lipinski definition) is 7. The number of benzene rings is 2. The van der Waals surface area contributed by atoms with E-state index in [1.165, 1.54) is 58.6 Å². The van der Waals surface area contributed by atoms with E-state index in [4.69, 9.17) is 37.9 Å². The van der Waals surface area contributed by atoms with Crippen LogP contribution in [-0.4, -0.2) is 131 Å². The molecule has 2 aliphatic heterocycles. The fraction of sp³-hybridized carbons (Fsp3) is 0.536. The summed E-state index contributed by atoms with van der Waals surface area (Å²) in [7, 11) is 3.88. The Balaban J connectivity index is 1.46. The van der Waals surface area contributed by atoms with Crippen molar-refractivity contribution in [2.75, 3.05) is 27.9 Å². The number of methoxy groups -OCH3 is 3. The second kappa shape index (κ2) is 14.0. The highest BCUT2D eigenvalue weighted by Crippen LogP contribution is 2.41. The number of aromatic hydroxyl groups is 1. The predicted octanol–water partition coefficient (Wildman–Crippen LogP) is -1.33. The minimum absolute atomic E-state index is 0.0364. The lowest BCUT2D eigenvalue weighted by molar-refractivity contribution is -0.277. The number of hydrogen-bond acceptors (Lipinski definition) is 16. The molecule has 4 rings (SSSR count). The summed E-state index contributed by atoms with van der Waals surface area (Å²) in [5, 5.41) is 71.4. The normalized spacial score (nSPS) is 32.0. The first kappa shape index (κ1) is 33.3. The van der Waals surface area contributed by atoms with Crippen molar-refractivity contribution in [2.45, 2.75) is 68.3 Å². The van der Waals surface area contributed by atoms with Gasteiger partial charge in [0.05, 0.1) is 33.0 Å². The number of aliphatic hydroxyl groups is 6. The van der Waals surface area contributed by atoms with Crippen LogP contribution in [0.25, 0.3) is 0 Å². The molecule has 0 amide bonds. The molecule has 0 spiro atoms. The summed E-state index contributed by atoms with van der Waals surface area (Å²) in [6.45, 7) is 0.904. The van der Waals surface area contributed by atoms with Gasteiger partial charge in [-0.2, -0.15) is 0 Å². The molecular formula is C28H36O16. The number of phenols is 1. The zero-order chi connectivity index (χ0) is 32.3. The van der Waals surface area contributed by atoms with E-state index in [-0.39, 0.29) is 40.1 Å². The predicted molar refractivity (Wildman–Crippen MR) is 145 cm³/mol. The van der Waals surface area contributed by atoms with Gasteiger partial charge in [-0.25, -0.2) is 4.79 Å². The average Bonchev–Trinajstić information content (AvgIpc) is 3.02. The zero-order valence-electron chi connectivity index (χ0n) is 24.2. The Morgan fingerprint density at radius 2 is 1.30 bits per heavy atom. The Morgan fingerprint density at radius 3 is 1.89 bits per heavy atom. The van der Waals surface area contributed by atoms with Gasteiger partial charge in [0, 0.05) is 6.07 Å². The van der Waals surface area contributed by atoms with Crippen LogP contribution < -0.4 is 23.7 Å². The van der Waals surface area contributed by atoms with Crippen LogP contribution in [0.15, 0.2) is 30.3 Å². The molecule has 16 nitrogen and oxygen atoms in total. The smallest absolute Gasteiger partial charge is 0.338 e. The first-order valence-corrected chi connectivity index (χ1v) is 13.4. The van der Waals surface area contributed by atoms with E-state index >= 15 is 0 Å². The Morgan fingerprint density at radius 1 is 0.727 bits per heavy atom. The van der Waals surface area contributed by atoms with E-state index in [1.807, 2.05) is 0 Å². The van der Waals surface area contributed by atoms with Gasteiger partial charge in [0.1, 0.15) is 55.1 Å². The van der Waals surface area contributed by atoms with Crippen molar-refractivity contribution < 1.29 is 78.4 Å². The second-order valence-corrected chi connectivity index (χ2v) is 10.1. The summed E-state index contributed by atoms with van der Waals surface area (Å²) in [6.07, 6.45) is -14.7. The molecule has 7 N–H and O–H groups in total. The molecule has 0 bridgehead atoms. The molecule has 0 aliphatic carbocycles. The van der Waals surface area contributed by atoms with Crippen LogP contribution in [0.2, 0.25) is 0 Å². The van der Waals surface area contributed by atoms with E-state index in [1.54, 1.807) is 0 Å². The molecule has 244 valence electrons. The van der Waals surface area contributed by atoms with Crippen LogP contribution in [0.3, 0.4) is 0 Å². The summed E-state index contributed by atoms with van der Waals surface area (Å²) in [5.74, 6) is -1.06. The van der Waals surface area contributed by atoms with E-state index < -0.39 is 74.0 Å². The van der Waals surface area contributed by atoms with E-state index in [0.717, 1.165) is 0 Å². The summed E-state index contributed by atoms with van der Waals surface area (Å²) in [6, 6.07) is 6.45. The maximum atomic E-state index is 13.0. The van der Waals surface area contributed by atoms with Crippen molar-refractivity contribution in [2.24, 2.45) is 0 Å². The van der Waals surface area contributed by atoms with Gasteiger partial charge in [0.15, 0.2) is 23.0 Å². The van der Waals surface area contributed by atoms with E-state index in [2.05, 4.69) is 0 Å². The van der Waals surface area contributed by atoms with Crippen molar-refractivity contribution >= 4 is 5.97 Å². The molecule has 0 aromatic heterocycles. The van der Waals surface area contributed by atoms with Crippen LogP contribution in [0.1, 0.15) is 17.3 Å². The van der Waals surface area contributed by atoms with Gasteiger partial charge in [0.25, 0.3) is 0 Å². The maximum Gasteiger partial charge on any atom is 0.338 e. The van der Waals surface area contributed by atoms with Crippen LogP contribution in [0.4, 0.5) is 0 Å². The summed E-state index contributed by atoms with van der Waals surface area (Å²) in [4.78, 5) is 13.0. The molecule has 44 heavy (non-hydrogen) atoms. The third kappa shape index (κ3) is 6.87. The van der Waals surface area contributed by atoms with Crippen molar-refractivity contribution in [3.8, 4) is 34.5 Å². The van der Waals surface area contributed by atoms with Gasteiger partial charge in [-0.3, -0.25) is 0 Å². The molecule has 10 unspecified atom stereocenters. The van der Waals surface area contributed by atoms with Gasteiger partial charge < -0.3 is 73.6 Å². The molecule has 2 saturated heterocycles. The molecular weight excluding hydrogens is 592 g/mol. The number of carbonyl (C=O) groups is 1. The highest BCUT2D eigenvalue weighted by molar-refractivity contribution is 5.91. The zero-order valence-corrected chi connectivity index (χ0v) is 24.2. The third-order valence-corrected chi connectivity index (χ3v) is 7.19. The Labute approximate surface area is 251 Å². The summed E-state index contributed by atoms with van der Waals surface area (Å²) >= 11 is 0. The number of ether oxygens (including phenoxy) is 8. The minimum atomic E-state index is -1.73. The van der Waals surface area contributed by atoms with Crippen LogP contribution in [0, 0.1) is 0 Å². The molecule has 0 radical (unpaired) electrons. The Hall–Kier alpha value is -3.61. The third-order valence-electron chi connectivity index (χ3n) is 7.19. The monoisotopic (exact) mass is 628 g/mol. The van der Waals surface area contributed by atoms with Gasteiger partial charge in [0.2, 0.25) is 18.3 Å². The molecule has 10 atom stereocenters. The lowest BCUT2D eigenvalue weighted by Gasteiger charge is -2.39. The first-order chi connectivity index (χ1) is 20.9. The quantitative estimate of drug-likeness (QED) is 0.151. The number of aliphatic hydroxyl groups excluding tert-OH is 6. The van der Waals surface area contributed by atoms with Crippen molar-refractivity contribution in [3.05, 3.63) is 35.9 Å². The van der Waals surface area contributed by atoms with Crippen molar-refractivity contribution in [1.82, 2.24) is 0 Å². The summed E-state index contributed by atoms with van der Waals surface area (Å²) < 4.78 is 43.4. The second-order valence-electron chi connectivity index (χ2n) is 10.1. The fourth-order valence-electron chi connectivity index (χ4n) is 4.60. The largest absolute Gasteiger partial charge is 0.504 e. The molecule has 2 heterocycles. The highest BCUT2D eigenvalue weighted by atomic mass is 16.7. The van der Waals surface area contributed by atoms with Crippen LogP contribution in [0.5, 0.6) is 34.5 Å². The molecule has 16 heteroatoms. The Bertz CT molecular complexity index is 1260. The number of rotatable bonds is 10. The fourth-order valence-corrected chi connectivity index (χ4v) is 4.60. The van der Waals surface area contributed by atoms with Gasteiger partial charge >= 0.3 is 5.97 Å². The molecule has 2 aromatic carbocycles. The topological polar surface area (TPSA) is 233 Å². The first-order valence-electron chi connectivity index (χ1n) is 13.4. The Kier molecular flexibility index (Phi) is 10.6. The number of phenolic OH excluding ortho intramolecular Hbond substituents is 1. The van der Waals surface area contributed by atoms with E-state index in [9.17, 15) is 40.5 Å². The number of carbonyl (C=O) groups excluding carboxylic acids is 1. The standard InChI is InChI=1S/C28H36O16/c1-11-19(30)21(32)23(34)27(41-11)44-25-16(38-3)7-12(8-17(25)39-4)26(36)40-10-18-20(31)22(33)24(35)28(43-18)42-13-5-6-14(29)15(9-13)37-2/h5-9,11,18-24,27-35H,10H2,1-4H3. The minimum Gasteiger partial charge on any atom is -0.504 e. The molecule has 0 saturated carbocycles. The molecule has 2 aromatic rings. The van der Waals surface area contributed by atoms with Crippen molar-refractivity contribution in [1.29, 1.82) is 0 Å². The lowest BCUT2D eigenvalue weighted by Crippen LogP contribution is -2.60. The highest BCUT2D eigenvalue weighted by Gasteiger charge is 2.46. The van der Waals surface area contributed by atoms with Crippen LogP contribution >= 0.6 is 0 Å². The molecule has 2 fully saturated rings. The maximum absolute atomic E-state index is 13.0. The van der Waals surface area contributed by atoms with E-state index in [0.29, 0.717) is 0 Å². The summed E-state index contributed by atoms with van der Waals surface area (Å²) in [5.41, 5.74) is -0.0881. The molecule has 2 aliphatic rings. The van der Waals surface area contributed by atoms with Crippen molar-refractivity contribution in [3.63, 3.8) is 0 Å². The SMILES string of the molecule is COc1cc(OC2OC(COC(=O)c3cc(OC)c(OC4OC(C)C(O)C(O)C4O)c(OC)c3)C(O)C(O)C2O)ccc1O. The average molecular weight is 629 g/mol.